The van der Waals surface area contributed by atoms with Gasteiger partial charge in [-0.1, -0.05) is 12.1 Å². The summed E-state index contributed by atoms with van der Waals surface area (Å²) in [7, 11) is 0. The largest absolute Gasteiger partial charge is 0.375 e. The van der Waals surface area contributed by atoms with E-state index in [-0.39, 0.29) is 25.2 Å². The highest BCUT2D eigenvalue weighted by Crippen LogP contribution is 2.22. The molecule has 19 heavy (non-hydrogen) atoms. The van der Waals surface area contributed by atoms with E-state index in [1.54, 1.807) is 0 Å². The number of para-hydroxylation sites is 1. The second-order valence-electron chi connectivity index (χ2n) is 4.01. The number of halogens is 2. The number of nitrogens with zero attached hydrogens (tertiary/aromatic N) is 1. The van der Waals surface area contributed by atoms with Crippen molar-refractivity contribution in [1.82, 2.24) is 4.98 Å². The van der Waals surface area contributed by atoms with Crippen LogP contribution in [0.5, 0.6) is 0 Å². The Labute approximate surface area is 113 Å². The summed E-state index contributed by atoms with van der Waals surface area (Å²) in [6, 6.07) is 7.66. The third-order valence-corrected chi connectivity index (χ3v) is 3.49. The van der Waals surface area contributed by atoms with Gasteiger partial charge in [-0.15, -0.1) is 11.3 Å². The van der Waals surface area contributed by atoms with Gasteiger partial charge in [0.05, 0.1) is 23.2 Å². The summed E-state index contributed by atoms with van der Waals surface area (Å²) < 4.78 is 29.3. The van der Waals surface area contributed by atoms with Gasteiger partial charge in [0, 0.05) is 6.42 Å². The third kappa shape index (κ3) is 4.33. The van der Waals surface area contributed by atoms with Crippen molar-refractivity contribution in [3.05, 3.63) is 29.3 Å². The first-order chi connectivity index (χ1) is 9.15. The van der Waals surface area contributed by atoms with Gasteiger partial charge in [-0.3, -0.25) is 4.79 Å². The Balaban J connectivity index is 1.81. The van der Waals surface area contributed by atoms with E-state index < -0.39 is 13.0 Å². The van der Waals surface area contributed by atoms with Crippen LogP contribution in [0.15, 0.2) is 24.3 Å². The second kappa shape index (κ2) is 6.68. The number of fused-ring (bicyclic) bond motifs is 1. The van der Waals surface area contributed by atoms with Gasteiger partial charge in [0.2, 0.25) is 0 Å². The van der Waals surface area contributed by atoms with Crippen LogP contribution in [0, 0.1) is 0 Å². The van der Waals surface area contributed by atoms with Gasteiger partial charge >= 0.3 is 0 Å². The molecule has 0 amide bonds. The predicted octanol–water partition coefficient (Wildman–Crippen LogP) is 3.08. The molecular formula is C13H13F2NO2S. The summed E-state index contributed by atoms with van der Waals surface area (Å²) in [5.41, 5.74) is 0.879. The van der Waals surface area contributed by atoms with Crippen molar-refractivity contribution in [3.8, 4) is 0 Å². The number of ketones is 1. The van der Waals surface area contributed by atoms with Crippen LogP contribution < -0.4 is 0 Å². The quantitative estimate of drug-likeness (QED) is 0.734. The highest BCUT2D eigenvalue weighted by atomic mass is 32.1. The second-order valence-corrected chi connectivity index (χ2v) is 5.12. The molecule has 0 bridgehead atoms. The molecule has 0 unspecified atom stereocenters. The number of rotatable bonds is 7. The van der Waals surface area contributed by atoms with E-state index >= 15 is 0 Å². The van der Waals surface area contributed by atoms with E-state index in [1.807, 2.05) is 24.3 Å². The highest BCUT2D eigenvalue weighted by Gasteiger charge is 2.09. The number of thiazole rings is 1. The summed E-state index contributed by atoms with van der Waals surface area (Å²) in [4.78, 5) is 16.0. The molecule has 0 aliphatic heterocycles. The van der Waals surface area contributed by atoms with Crippen molar-refractivity contribution < 1.29 is 18.3 Å². The lowest BCUT2D eigenvalue weighted by Crippen LogP contribution is -2.10. The Kier molecular flexibility index (Phi) is 4.93. The number of aromatic nitrogens is 1. The van der Waals surface area contributed by atoms with Crippen molar-refractivity contribution in [1.29, 1.82) is 0 Å². The van der Waals surface area contributed by atoms with E-state index in [2.05, 4.69) is 9.72 Å². The fourth-order valence-electron chi connectivity index (χ4n) is 1.61. The van der Waals surface area contributed by atoms with Gasteiger partial charge in [-0.2, -0.15) is 0 Å². The Hall–Kier alpha value is -1.40. The molecule has 0 saturated carbocycles. The number of alkyl halides is 2. The zero-order chi connectivity index (χ0) is 13.7. The smallest absolute Gasteiger partial charge is 0.261 e. The molecule has 0 N–H and O–H groups in total. The molecule has 1 aromatic heterocycles. The molecule has 1 heterocycles. The molecule has 2 rings (SSSR count). The zero-order valence-corrected chi connectivity index (χ0v) is 11.0. The van der Waals surface area contributed by atoms with Gasteiger partial charge in [-0.05, 0) is 12.1 Å². The maximum Gasteiger partial charge on any atom is 0.261 e. The number of ether oxygens (including phenoxy) is 1. The zero-order valence-electron chi connectivity index (χ0n) is 10.1. The molecule has 0 aliphatic carbocycles. The minimum Gasteiger partial charge on any atom is -0.375 e. The lowest BCUT2D eigenvalue weighted by atomic mass is 10.2. The standard InChI is InChI=1S/C13H13F2NO2S/c14-12(15)8-18-6-5-9(17)7-13-16-10-3-1-2-4-11(10)19-13/h1-4,12H,5-8H2. The predicted molar refractivity (Wildman–Crippen MR) is 69.8 cm³/mol. The molecule has 2 aromatic rings. The fourth-order valence-corrected chi connectivity index (χ4v) is 2.61. The summed E-state index contributed by atoms with van der Waals surface area (Å²) in [5.74, 6) is -0.0478. The number of Topliss-reactive ketones (excluding diaryl/α,β-unsaturated/α-hetero) is 1. The molecule has 6 heteroatoms. The van der Waals surface area contributed by atoms with E-state index in [0.29, 0.717) is 0 Å². The van der Waals surface area contributed by atoms with Crippen molar-refractivity contribution in [2.24, 2.45) is 0 Å². The van der Waals surface area contributed by atoms with Gasteiger partial charge in [-0.25, -0.2) is 13.8 Å². The first-order valence-corrected chi connectivity index (χ1v) is 6.69. The SMILES string of the molecule is O=C(CCOCC(F)F)Cc1nc2ccccc2s1. The first-order valence-electron chi connectivity index (χ1n) is 5.87. The lowest BCUT2D eigenvalue weighted by molar-refractivity contribution is -0.119. The first kappa shape index (κ1) is 14.0. The molecule has 3 nitrogen and oxygen atoms in total. The van der Waals surface area contributed by atoms with E-state index in [0.717, 1.165) is 15.2 Å². The summed E-state index contributed by atoms with van der Waals surface area (Å²) in [5, 5.41) is 0.750. The number of benzene rings is 1. The molecular weight excluding hydrogens is 272 g/mol. The van der Waals surface area contributed by atoms with Gasteiger partial charge in [0.25, 0.3) is 6.43 Å². The molecule has 0 spiro atoms. The van der Waals surface area contributed by atoms with E-state index in [4.69, 9.17) is 0 Å². The Morgan fingerprint density at radius 2 is 2.16 bits per heavy atom. The van der Waals surface area contributed by atoms with Crippen molar-refractivity contribution in [2.45, 2.75) is 19.3 Å². The molecule has 0 fully saturated rings. The Morgan fingerprint density at radius 3 is 2.89 bits per heavy atom. The van der Waals surface area contributed by atoms with Crippen LogP contribution in [0.3, 0.4) is 0 Å². The number of carbonyl (C=O) groups excluding carboxylic acids is 1. The van der Waals surface area contributed by atoms with E-state index in [1.165, 1.54) is 11.3 Å². The van der Waals surface area contributed by atoms with E-state index in [9.17, 15) is 13.6 Å². The van der Waals surface area contributed by atoms with Crippen LogP contribution in [-0.2, 0) is 16.0 Å². The lowest BCUT2D eigenvalue weighted by Gasteiger charge is -2.01. The van der Waals surface area contributed by atoms with Crippen LogP contribution in [0.1, 0.15) is 11.4 Å². The van der Waals surface area contributed by atoms with Gasteiger partial charge < -0.3 is 4.74 Å². The van der Waals surface area contributed by atoms with Crippen LogP contribution >= 0.6 is 11.3 Å². The van der Waals surface area contributed by atoms with Crippen molar-refractivity contribution >= 4 is 27.3 Å². The van der Waals surface area contributed by atoms with Crippen LogP contribution in [-0.4, -0.2) is 30.4 Å². The maximum atomic E-state index is 11.8. The highest BCUT2D eigenvalue weighted by molar-refractivity contribution is 7.18. The monoisotopic (exact) mass is 285 g/mol. The third-order valence-electron chi connectivity index (χ3n) is 2.46. The minimum absolute atomic E-state index is 0.0358. The molecule has 0 radical (unpaired) electrons. The molecule has 0 saturated heterocycles. The average Bonchev–Trinajstić information content (AvgIpc) is 2.76. The molecule has 0 atom stereocenters. The number of hydrogen-bond acceptors (Lipinski definition) is 4. The van der Waals surface area contributed by atoms with Crippen molar-refractivity contribution in [3.63, 3.8) is 0 Å². The van der Waals surface area contributed by atoms with Crippen LogP contribution in [0.2, 0.25) is 0 Å². The Bertz CT molecular complexity index is 523. The number of carbonyl (C=O) groups is 1. The maximum absolute atomic E-state index is 11.8. The van der Waals surface area contributed by atoms with Gasteiger partial charge in [0.15, 0.2) is 0 Å². The summed E-state index contributed by atoms with van der Waals surface area (Å²) in [6.07, 6.45) is -2.11. The van der Waals surface area contributed by atoms with Crippen molar-refractivity contribution in [2.75, 3.05) is 13.2 Å². The normalized spacial score (nSPS) is 11.3. The average molecular weight is 285 g/mol. The summed E-state index contributed by atoms with van der Waals surface area (Å²) in [6.45, 7) is -0.581. The van der Waals surface area contributed by atoms with Gasteiger partial charge in [0.1, 0.15) is 17.4 Å². The Morgan fingerprint density at radius 1 is 1.37 bits per heavy atom. The fraction of sp³-hybridized carbons (Fsp3) is 0.385. The molecule has 102 valence electrons. The molecule has 0 aliphatic rings. The van der Waals surface area contributed by atoms with Crippen LogP contribution in [0.4, 0.5) is 8.78 Å². The minimum atomic E-state index is -2.49. The van der Waals surface area contributed by atoms with Crippen LogP contribution in [0.25, 0.3) is 10.2 Å². The number of hydrogen-bond donors (Lipinski definition) is 0. The summed E-state index contributed by atoms with van der Waals surface area (Å²) >= 11 is 1.48. The topological polar surface area (TPSA) is 39.2 Å². The molecule has 1 aromatic carbocycles.